The van der Waals surface area contributed by atoms with Gasteiger partial charge in [0, 0.05) is 6.54 Å². The molecule has 2 aromatic heterocycles. The highest BCUT2D eigenvalue weighted by Crippen LogP contribution is 2.33. The van der Waals surface area contributed by atoms with E-state index in [0.717, 1.165) is 33.6 Å². The van der Waals surface area contributed by atoms with Crippen LogP contribution in [0.5, 0.6) is 0 Å². The number of rotatable bonds is 12. The standard InChI is InChI=1S/C43H53N9O8/c1-24(2)35(48-41(55)58-7)39(53)51-19-9-10-33(51)37-44-20-31(46-37)29-15-11-27(12-16-29)28-13-17-30(18-14-28)32-21-45-38(47-32)34-22-50(43(57)60-26(5)6)23-52(34)40(54)36(25(3)4)49-42(56)59-8/h9-18,20-21,24-26,33-36H,19,22-23H2,1-8H3,(H,44,46)(H,45,47)(H,48,55)(H,49,56)/t33-,34-,35-,36-/m0/s1. The molecule has 0 saturated carbocycles. The number of nitrogens with one attached hydrogen (secondary N) is 4. The van der Waals surface area contributed by atoms with Crippen molar-refractivity contribution in [2.24, 2.45) is 11.8 Å². The molecule has 17 nitrogen and oxygen atoms in total. The number of ether oxygens (including phenoxy) is 3. The number of aromatic amines is 2. The number of carbonyl (C=O) groups excluding carboxylic acids is 5. The third-order valence-electron chi connectivity index (χ3n) is 10.5. The van der Waals surface area contributed by atoms with Gasteiger partial charge in [-0.15, -0.1) is 0 Å². The summed E-state index contributed by atoms with van der Waals surface area (Å²) in [6.07, 6.45) is 4.99. The number of hydrogen-bond donors (Lipinski definition) is 4. The first kappa shape index (κ1) is 42.9. The highest BCUT2D eigenvalue weighted by Gasteiger charge is 2.43. The maximum absolute atomic E-state index is 13.9. The van der Waals surface area contributed by atoms with Crippen LogP contribution in [0.1, 0.15) is 65.3 Å². The number of methoxy groups -OCH3 is 2. The van der Waals surface area contributed by atoms with E-state index in [2.05, 4.69) is 30.6 Å². The number of benzene rings is 2. The second-order valence-corrected chi connectivity index (χ2v) is 15.7. The van der Waals surface area contributed by atoms with E-state index in [1.54, 1.807) is 31.1 Å². The monoisotopic (exact) mass is 823 g/mol. The number of H-pyrrole nitrogens is 2. The van der Waals surface area contributed by atoms with Crippen LogP contribution >= 0.6 is 0 Å². The molecule has 1 fully saturated rings. The van der Waals surface area contributed by atoms with E-state index >= 15 is 0 Å². The van der Waals surface area contributed by atoms with Crippen LogP contribution in [0.4, 0.5) is 14.4 Å². The van der Waals surface area contributed by atoms with Gasteiger partial charge in [0.2, 0.25) is 11.8 Å². The topological polar surface area (TPSA) is 204 Å². The summed E-state index contributed by atoms with van der Waals surface area (Å²) in [6, 6.07) is 13.4. The normalized spacial score (nSPS) is 17.3. The van der Waals surface area contributed by atoms with Crippen LogP contribution < -0.4 is 10.6 Å². The smallest absolute Gasteiger partial charge is 0.411 e. The lowest BCUT2D eigenvalue weighted by molar-refractivity contribution is -0.136. The Morgan fingerprint density at radius 3 is 1.63 bits per heavy atom. The van der Waals surface area contributed by atoms with E-state index in [1.807, 2.05) is 88.4 Å². The second-order valence-electron chi connectivity index (χ2n) is 15.7. The number of alkyl carbamates (subject to hydrolysis) is 2. The van der Waals surface area contributed by atoms with Gasteiger partial charge in [0.05, 0.1) is 57.3 Å². The zero-order valence-electron chi connectivity index (χ0n) is 35.1. The molecular weight excluding hydrogens is 771 g/mol. The fraction of sp³-hybridized carbons (Fsp3) is 0.419. The molecule has 1 saturated heterocycles. The highest BCUT2D eigenvalue weighted by atomic mass is 16.6. The molecule has 0 radical (unpaired) electrons. The van der Waals surface area contributed by atoms with Gasteiger partial charge in [-0.2, -0.15) is 0 Å². The van der Waals surface area contributed by atoms with Gasteiger partial charge in [-0.3, -0.25) is 14.5 Å². The Hall–Kier alpha value is -6.65. The summed E-state index contributed by atoms with van der Waals surface area (Å²) in [5, 5.41) is 5.29. The molecule has 6 rings (SSSR count). The number of imidazole rings is 2. The molecule has 0 unspecified atom stereocenters. The minimum absolute atomic E-state index is 0.0415. The van der Waals surface area contributed by atoms with Crippen LogP contribution in [0.3, 0.4) is 0 Å². The van der Waals surface area contributed by atoms with Gasteiger partial charge in [-0.1, -0.05) is 88.4 Å². The summed E-state index contributed by atoms with van der Waals surface area (Å²) in [6.45, 7) is 11.4. The van der Waals surface area contributed by atoms with Gasteiger partial charge in [-0.05, 0) is 47.9 Å². The lowest BCUT2D eigenvalue weighted by atomic mass is 10.0. The first-order valence-corrected chi connectivity index (χ1v) is 19.9. The maximum Gasteiger partial charge on any atom is 0.411 e. The summed E-state index contributed by atoms with van der Waals surface area (Å²) in [5.41, 5.74) is 5.30. The number of carbonyl (C=O) groups is 5. The van der Waals surface area contributed by atoms with Crippen LogP contribution in [0, 0.1) is 11.8 Å². The molecule has 0 bridgehead atoms. The second kappa shape index (κ2) is 18.5. The average molecular weight is 824 g/mol. The van der Waals surface area contributed by atoms with Crippen LogP contribution in [0.25, 0.3) is 33.6 Å². The predicted octanol–water partition coefficient (Wildman–Crippen LogP) is 6.02. The van der Waals surface area contributed by atoms with E-state index in [4.69, 9.17) is 14.2 Å². The van der Waals surface area contributed by atoms with Crippen LogP contribution in [-0.4, -0.2) is 117 Å². The van der Waals surface area contributed by atoms with Crippen LogP contribution in [0.2, 0.25) is 0 Å². The molecule has 0 aliphatic carbocycles. The fourth-order valence-electron chi connectivity index (χ4n) is 7.23. The lowest BCUT2D eigenvalue weighted by Gasteiger charge is -2.29. The van der Waals surface area contributed by atoms with Gasteiger partial charge >= 0.3 is 18.3 Å². The van der Waals surface area contributed by atoms with Crippen LogP contribution in [0.15, 0.2) is 73.1 Å². The van der Waals surface area contributed by atoms with Gasteiger partial charge < -0.3 is 44.6 Å². The SMILES string of the molecule is COC(=O)N[C@H](C(=O)N1CC=C[C@H]1c1ncc(-c2ccc(-c3ccc(-c4cnc([C@@H]5CN(C(=O)OC(C)C)CN5C(=O)[C@@H](NC(=O)OC)C(C)C)[nH]4)cc3)cc2)[nH]1)C(C)C. The zero-order chi connectivity index (χ0) is 43.2. The highest BCUT2D eigenvalue weighted by molar-refractivity contribution is 5.88. The Morgan fingerprint density at radius 1 is 0.683 bits per heavy atom. The van der Waals surface area contributed by atoms with Gasteiger partial charge in [0.15, 0.2) is 0 Å². The first-order chi connectivity index (χ1) is 28.7. The van der Waals surface area contributed by atoms with E-state index in [-0.39, 0.29) is 43.0 Å². The Kier molecular flexibility index (Phi) is 13.2. The van der Waals surface area contributed by atoms with Crippen molar-refractivity contribution >= 4 is 30.1 Å². The summed E-state index contributed by atoms with van der Waals surface area (Å²) < 4.78 is 14.9. The van der Waals surface area contributed by atoms with Crippen LogP contribution in [-0.2, 0) is 23.8 Å². The van der Waals surface area contributed by atoms with Crippen molar-refractivity contribution in [2.45, 2.75) is 71.8 Å². The summed E-state index contributed by atoms with van der Waals surface area (Å²) >= 11 is 0. The van der Waals surface area contributed by atoms with E-state index < -0.39 is 42.4 Å². The Morgan fingerprint density at radius 2 is 1.15 bits per heavy atom. The molecule has 60 heavy (non-hydrogen) atoms. The van der Waals surface area contributed by atoms with E-state index in [9.17, 15) is 24.0 Å². The third-order valence-corrected chi connectivity index (χ3v) is 10.5. The minimum atomic E-state index is -0.895. The molecule has 17 heteroatoms. The minimum Gasteiger partial charge on any atom is -0.453 e. The van der Waals surface area contributed by atoms with Gasteiger partial charge in [0.25, 0.3) is 0 Å². The van der Waals surface area contributed by atoms with Crippen molar-refractivity contribution in [1.82, 2.24) is 45.3 Å². The number of nitrogens with zero attached hydrogens (tertiary/aromatic N) is 5. The predicted molar refractivity (Wildman–Crippen MR) is 222 cm³/mol. The zero-order valence-corrected chi connectivity index (χ0v) is 35.1. The number of hydrogen-bond acceptors (Lipinski definition) is 10. The van der Waals surface area contributed by atoms with Crippen molar-refractivity contribution in [3.63, 3.8) is 0 Å². The summed E-state index contributed by atoms with van der Waals surface area (Å²) in [5.74, 6) is 0.0895. The van der Waals surface area contributed by atoms with Crippen molar-refractivity contribution in [3.8, 4) is 33.6 Å². The molecule has 2 aromatic carbocycles. The summed E-state index contributed by atoms with van der Waals surface area (Å²) in [4.78, 5) is 85.1. The van der Waals surface area contributed by atoms with Crippen molar-refractivity contribution in [3.05, 3.63) is 84.7 Å². The van der Waals surface area contributed by atoms with Crippen molar-refractivity contribution in [2.75, 3.05) is 34.0 Å². The molecule has 4 atom stereocenters. The first-order valence-electron chi connectivity index (χ1n) is 19.9. The van der Waals surface area contributed by atoms with E-state index in [1.165, 1.54) is 24.0 Å². The fourth-order valence-corrected chi connectivity index (χ4v) is 7.23. The summed E-state index contributed by atoms with van der Waals surface area (Å²) in [7, 11) is 2.50. The molecule has 4 N–H and O–H groups in total. The number of amides is 5. The number of aromatic nitrogens is 4. The molecule has 318 valence electrons. The molecule has 4 heterocycles. The maximum atomic E-state index is 13.9. The van der Waals surface area contributed by atoms with Gasteiger partial charge in [0.1, 0.15) is 35.8 Å². The molecule has 5 amide bonds. The van der Waals surface area contributed by atoms with Crippen molar-refractivity contribution in [1.29, 1.82) is 0 Å². The molecule has 4 aromatic rings. The largest absolute Gasteiger partial charge is 0.453 e. The van der Waals surface area contributed by atoms with Crippen molar-refractivity contribution < 1.29 is 38.2 Å². The molecular formula is C43H53N9O8. The Bertz CT molecular complexity index is 2200. The van der Waals surface area contributed by atoms with E-state index in [0.29, 0.717) is 18.2 Å². The third kappa shape index (κ3) is 9.45. The molecule has 0 spiro atoms. The Labute approximate surface area is 348 Å². The quantitative estimate of drug-likeness (QED) is 0.0966. The molecule has 2 aliphatic heterocycles. The Balaban J connectivity index is 1.15. The molecule has 2 aliphatic rings. The lowest BCUT2D eigenvalue weighted by Crippen LogP contribution is -2.51. The average Bonchev–Trinajstić information content (AvgIpc) is 4.07. The van der Waals surface area contributed by atoms with Gasteiger partial charge in [-0.25, -0.2) is 24.4 Å².